The SMILES string of the molecule is NCc1ccc(-n2cc(C(N)=O)cn2)nc1. The van der Waals surface area contributed by atoms with Gasteiger partial charge in [0.05, 0.1) is 11.8 Å². The number of primary amides is 1. The summed E-state index contributed by atoms with van der Waals surface area (Å²) in [4.78, 5) is 15.0. The minimum Gasteiger partial charge on any atom is -0.366 e. The average molecular weight is 217 g/mol. The van der Waals surface area contributed by atoms with Crippen LogP contribution in [0, 0.1) is 0 Å². The van der Waals surface area contributed by atoms with Crippen molar-refractivity contribution in [3.8, 4) is 5.82 Å². The van der Waals surface area contributed by atoms with E-state index in [0.717, 1.165) is 5.56 Å². The number of aromatic nitrogens is 3. The van der Waals surface area contributed by atoms with Crippen molar-refractivity contribution in [1.82, 2.24) is 14.8 Å². The monoisotopic (exact) mass is 217 g/mol. The molecule has 0 bridgehead atoms. The van der Waals surface area contributed by atoms with Crippen molar-refractivity contribution in [1.29, 1.82) is 0 Å². The second-order valence-electron chi connectivity index (χ2n) is 3.27. The normalized spacial score (nSPS) is 10.3. The molecule has 0 unspecified atom stereocenters. The molecule has 0 fully saturated rings. The van der Waals surface area contributed by atoms with Crippen LogP contribution in [0.4, 0.5) is 0 Å². The molecule has 0 atom stereocenters. The molecule has 4 N–H and O–H groups in total. The molecule has 0 aliphatic heterocycles. The molecule has 2 heterocycles. The van der Waals surface area contributed by atoms with E-state index in [9.17, 15) is 4.79 Å². The maximum absolute atomic E-state index is 10.9. The Morgan fingerprint density at radius 2 is 2.19 bits per heavy atom. The standard InChI is InChI=1S/C10H11N5O/c11-3-7-1-2-9(13-4-7)15-6-8(5-14-15)10(12)16/h1-2,4-6H,3,11H2,(H2,12,16). The van der Waals surface area contributed by atoms with Crippen LogP contribution in [0.5, 0.6) is 0 Å². The van der Waals surface area contributed by atoms with Crippen LogP contribution in [0.15, 0.2) is 30.7 Å². The van der Waals surface area contributed by atoms with Gasteiger partial charge >= 0.3 is 0 Å². The summed E-state index contributed by atoms with van der Waals surface area (Å²) in [7, 11) is 0. The van der Waals surface area contributed by atoms with E-state index >= 15 is 0 Å². The van der Waals surface area contributed by atoms with Crippen LogP contribution in [0.2, 0.25) is 0 Å². The summed E-state index contributed by atoms with van der Waals surface area (Å²) in [5.41, 5.74) is 11.9. The fraction of sp³-hybridized carbons (Fsp3) is 0.100. The first-order valence-corrected chi connectivity index (χ1v) is 4.70. The number of amides is 1. The Kier molecular flexibility index (Phi) is 2.65. The van der Waals surface area contributed by atoms with E-state index in [1.54, 1.807) is 12.3 Å². The van der Waals surface area contributed by atoms with Crippen molar-refractivity contribution >= 4 is 5.91 Å². The Hall–Kier alpha value is -2.21. The maximum Gasteiger partial charge on any atom is 0.251 e. The highest BCUT2D eigenvalue weighted by atomic mass is 16.1. The lowest BCUT2D eigenvalue weighted by atomic mass is 10.3. The number of nitrogens with two attached hydrogens (primary N) is 2. The van der Waals surface area contributed by atoms with Gasteiger partial charge in [0.1, 0.15) is 0 Å². The number of pyridine rings is 1. The minimum absolute atomic E-state index is 0.352. The lowest BCUT2D eigenvalue weighted by Gasteiger charge is -2.00. The van der Waals surface area contributed by atoms with Crippen LogP contribution in [-0.2, 0) is 6.54 Å². The number of rotatable bonds is 3. The Balaban J connectivity index is 2.31. The molecule has 2 aromatic rings. The molecule has 0 radical (unpaired) electrons. The zero-order valence-electron chi connectivity index (χ0n) is 8.50. The van der Waals surface area contributed by atoms with Crippen LogP contribution >= 0.6 is 0 Å². The molecule has 0 aliphatic carbocycles. The highest BCUT2D eigenvalue weighted by molar-refractivity contribution is 5.92. The molecule has 2 aromatic heterocycles. The summed E-state index contributed by atoms with van der Waals surface area (Å²) in [6.07, 6.45) is 4.61. The van der Waals surface area contributed by atoms with Gasteiger partial charge in [0.2, 0.25) is 0 Å². The van der Waals surface area contributed by atoms with Gasteiger partial charge in [-0.3, -0.25) is 4.79 Å². The molecular weight excluding hydrogens is 206 g/mol. The van der Waals surface area contributed by atoms with E-state index in [1.807, 2.05) is 6.07 Å². The van der Waals surface area contributed by atoms with Gasteiger partial charge in [0.15, 0.2) is 5.82 Å². The largest absolute Gasteiger partial charge is 0.366 e. The minimum atomic E-state index is -0.509. The molecule has 6 heteroatoms. The van der Waals surface area contributed by atoms with Gasteiger partial charge in [-0.25, -0.2) is 9.67 Å². The van der Waals surface area contributed by atoms with E-state index in [0.29, 0.717) is 17.9 Å². The summed E-state index contributed by atoms with van der Waals surface area (Å²) in [6.45, 7) is 0.443. The van der Waals surface area contributed by atoms with Gasteiger partial charge in [0.25, 0.3) is 5.91 Å². The number of carbonyl (C=O) groups excluding carboxylic acids is 1. The van der Waals surface area contributed by atoms with E-state index in [4.69, 9.17) is 11.5 Å². The van der Waals surface area contributed by atoms with E-state index < -0.39 is 5.91 Å². The molecular formula is C10H11N5O. The Morgan fingerprint density at radius 3 is 2.69 bits per heavy atom. The molecule has 1 amide bonds. The Morgan fingerprint density at radius 1 is 1.38 bits per heavy atom. The summed E-state index contributed by atoms with van der Waals surface area (Å²) in [6, 6.07) is 3.63. The molecule has 82 valence electrons. The van der Waals surface area contributed by atoms with Crippen molar-refractivity contribution < 1.29 is 4.79 Å². The molecule has 0 aliphatic rings. The zero-order valence-corrected chi connectivity index (χ0v) is 8.50. The maximum atomic E-state index is 10.9. The van der Waals surface area contributed by atoms with E-state index in [2.05, 4.69) is 10.1 Å². The predicted octanol–water partition coefficient (Wildman–Crippen LogP) is -0.175. The zero-order chi connectivity index (χ0) is 11.5. The number of hydrogen-bond acceptors (Lipinski definition) is 4. The lowest BCUT2D eigenvalue weighted by molar-refractivity contribution is 0.100. The van der Waals surface area contributed by atoms with Crippen LogP contribution in [-0.4, -0.2) is 20.7 Å². The van der Waals surface area contributed by atoms with Gasteiger partial charge in [-0.05, 0) is 11.6 Å². The predicted molar refractivity (Wildman–Crippen MR) is 57.8 cm³/mol. The number of nitrogens with zero attached hydrogens (tertiary/aromatic N) is 3. The second-order valence-corrected chi connectivity index (χ2v) is 3.27. The third-order valence-corrected chi connectivity index (χ3v) is 2.15. The number of carbonyl (C=O) groups is 1. The second kappa shape index (κ2) is 4.11. The first kappa shape index (κ1) is 10.3. The van der Waals surface area contributed by atoms with E-state index in [-0.39, 0.29) is 0 Å². The van der Waals surface area contributed by atoms with E-state index in [1.165, 1.54) is 17.1 Å². The molecule has 0 saturated carbocycles. The third kappa shape index (κ3) is 1.91. The highest BCUT2D eigenvalue weighted by Gasteiger charge is 2.05. The highest BCUT2D eigenvalue weighted by Crippen LogP contribution is 2.06. The van der Waals surface area contributed by atoms with Gasteiger partial charge < -0.3 is 11.5 Å². The number of hydrogen-bond donors (Lipinski definition) is 2. The van der Waals surface area contributed by atoms with Gasteiger partial charge in [-0.2, -0.15) is 5.10 Å². The molecule has 0 spiro atoms. The first-order valence-electron chi connectivity index (χ1n) is 4.70. The van der Waals surface area contributed by atoms with Crippen molar-refractivity contribution in [3.05, 3.63) is 41.9 Å². The first-order chi connectivity index (χ1) is 7.70. The van der Waals surface area contributed by atoms with Crippen LogP contribution in [0.3, 0.4) is 0 Å². The van der Waals surface area contributed by atoms with Crippen molar-refractivity contribution in [2.24, 2.45) is 11.5 Å². The fourth-order valence-corrected chi connectivity index (χ4v) is 1.25. The van der Waals surface area contributed by atoms with Crippen LogP contribution in [0.25, 0.3) is 5.82 Å². The molecule has 6 nitrogen and oxygen atoms in total. The molecule has 0 aromatic carbocycles. The van der Waals surface area contributed by atoms with Crippen LogP contribution < -0.4 is 11.5 Å². The Labute approximate surface area is 91.9 Å². The third-order valence-electron chi connectivity index (χ3n) is 2.15. The van der Waals surface area contributed by atoms with Gasteiger partial charge in [0, 0.05) is 18.9 Å². The molecule has 2 rings (SSSR count). The van der Waals surface area contributed by atoms with Crippen molar-refractivity contribution in [2.75, 3.05) is 0 Å². The lowest BCUT2D eigenvalue weighted by Crippen LogP contribution is -2.09. The average Bonchev–Trinajstić information content (AvgIpc) is 2.78. The Bertz CT molecular complexity index is 502. The molecule has 16 heavy (non-hydrogen) atoms. The van der Waals surface area contributed by atoms with Crippen LogP contribution in [0.1, 0.15) is 15.9 Å². The summed E-state index contributed by atoms with van der Waals surface area (Å²) in [5.74, 6) is 0.106. The molecule has 0 saturated heterocycles. The van der Waals surface area contributed by atoms with Crippen molar-refractivity contribution in [3.63, 3.8) is 0 Å². The summed E-state index contributed by atoms with van der Waals surface area (Å²) >= 11 is 0. The van der Waals surface area contributed by atoms with Crippen molar-refractivity contribution in [2.45, 2.75) is 6.54 Å². The topological polar surface area (TPSA) is 99.8 Å². The van der Waals surface area contributed by atoms with Gasteiger partial charge in [-0.1, -0.05) is 6.07 Å². The fourth-order valence-electron chi connectivity index (χ4n) is 1.25. The van der Waals surface area contributed by atoms with Gasteiger partial charge in [-0.15, -0.1) is 0 Å². The summed E-state index contributed by atoms with van der Waals surface area (Å²) in [5, 5.41) is 3.99. The quantitative estimate of drug-likeness (QED) is 0.745. The smallest absolute Gasteiger partial charge is 0.251 e. The summed E-state index contributed by atoms with van der Waals surface area (Å²) < 4.78 is 1.49.